The van der Waals surface area contributed by atoms with Gasteiger partial charge in [-0.1, -0.05) is 24.3 Å². The lowest BCUT2D eigenvalue weighted by molar-refractivity contribution is 0.115. The fourth-order valence-electron chi connectivity index (χ4n) is 1.40. The van der Waals surface area contributed by atoms with Gasteiger partial charge in [0.15, 0.2) is 0 Å². The van der Waals surface area contributed by atoms with E-state index >= 15 is 0 Å². The highest BCUT2D eigenvalue weighted by Crippen LogP contribution is 2.19. The fourth-order valence-corrected chi connectivity index (χ4v) is 1.40. The SMILES string of the molecule is NC(c1ccc2ccccc2n1)C(F)F. The van der Waals surface area contributed by atoms with Crippen LogP contribution in [0.1, 0.15) is 11.7 Å². The molecule has 1 aromatic heterocycles. The summed E-state index contributed by atoms with van der Waals surface area (Å²) in [5, 5.41) is 0.919. The van der Waals surface area contributed by atoms with E-state index in [1.54, 1.807) is 18.2 Å². The van der Waals surface area contributed by atoms with E-state index in [0.717, 1.165) is 5.39 Å². The third kappa shape index (κ3) is 1.94. The van der Waals surface area contributed by atoms with Crippen molar-refractivity contribution in [3.8, 4) is 0 Å². The summed E-state index contributed by atoms with van der Waals surface area (Å²) in [4.78, 5) is 4.09. The van der Waals surface area contributed by atoms with E-state index in [4.69, 9.17) is 5.73 Å². The van der Waals surface area contributed by atoms with Gasteiger partial charge in [-0.3, -0.25) is 4.98 Å². The molecule has 2 aromatic rings. The van der Waals surface area contributed by atoms with Crippen LogP contribution in [0.4, 0.5) is 8.78 Å². The minimum absolute atomic E-state index is 0.226. The largest absolute Gasteiger partial charge is 0.318 e. The number of rotatable bonds is 2. The van der Waals surface area contributed by atoms with Gasteiger partial charge >= 0.3 is 0 Å². The van der Waals surface area contributed by atoms with Crippen LogP contribution in [-0.4, -0.2) is 11.4 Å². The Morgan fingerprint density at radius 2 is 1.80 bits per heavy atom. The van der Waals surface area contributed by atoms with E-state index in [1.165, 1.54) is 0 Å². The first-order chi connectivity index (χ1) is 7.18. The zero-order valence-corrected chi connectivity index (χ0v) is 7.90. The Balaban J connectivity index is 2.47. The number of hydrogen-bond donors (Lipinski definition) is 1. The van der Waals surface area contributed by atoms with E-state index < -0.39 is 12.5 Å². The first-order valence-corrected chi connectivity index (χ1v) is 4.58. The molecule has 0 bridgehead atoms. The molecule has 0 saturated carbocycles. The molecule has 1 unspecified atom stereocenters. The minimum atomic E-state index is -2.58. The monoisotopic (exact) mass is 208 g/mol. The molecule has 4 heteroatoms. The van der Waals surface area contributed by atoms with E-state index in [0.29, 0.717) is 5.52 Å². The van der Waals surface area contributed by atoms with E-state index in [9.17, 15) is 8.78 Å². The molecule has 0 saturated heterocycles. The maximum atomic E-state index is 12.3. The Morgan fingerprint density at radius 1 is 1.07 bits per heavy atom. The topological polar surface area (TPSA) is 38.9 Å². The van der Waals surface area contributed by atoms with Crippen LogP contribution in [-0.2, 0) is 0 Å². The van der Waals surface area contributed by atoms with Crippen molar-refractivity contribution >= 4 is 10.9 Å². The number of pyridine rings is 1. The zero-order chi connectivity index (χ0) is 10.8. The molecule has 1 aromatic carbocycles. The molecule has 1 heterocycles. The van der Waals surface area contributed by atoms with E-state index in [2.05, 4.69) is 4.98 Å². The predicted molar refractivity (Wildman–Crippen MR) is 54.7 cm³/mol. The number of halogens is 2. The number of alkyl halides is 2. The molecular weight excluding hydrogens is 198 g/mol. The van der Waals surface area contributed by atoms with Crippen LogP contribution >= 0.6 is 0 Å². The zero-order valence-electron chi connectivity index (χ0n) is 7.90. The predicted octanol–water partition coefficient (Wildman–Crippen LogP) is 2.50. The van der Waals surface area contributed by atoms with Gasteiger partial charge in [0.25, 0.3) is 6.43 Å². The number of fused-ring (bicyclic) bond motifs is 1. The van der Waals surface area contributed by atoms with Gasteiger partial charge in [0.1, 0.15) is 6.04 Å². The van der Waals surface area contributed by atoms with Crippen molar-refractivity contribution in [2.45, 2.75) is 12.5 Å². The molecule has 2 nitrogen and oxygen atoms in total. The van der Waals surface area contributed by atoms with Crippen LogP contribution in [0.15, 0.2) is 36.4 Å². The Bertz CT molecular complexity index is 471. The molecule has 2 N–H and O–H groups in total. The quantitative estimate of drug-likeness (QED) is 0.823. The van der Waals surface area contributed by atoms with Gasteiger partial charge in [-0.05, 0) is 12.1 Å². The molecule has 0 aliphatic rings. The Hall–Kier alpha value is -1.55. The molecule has 15 heavy (non-hydrogen) atoms. The van der Waals surface area contributed by atoms with Crippen LogP contribution in [0.3, 0.4) is 0 Å². The molecule has 0 fully saturated rings. The lowest BCUT2D eigenvalue weighted by Crippen LogP contribution is -2.20. The van der Waals surface area contributed by atoms with Crippen molar-refractivity contribution in [2.75, 3.05) is 0 Å². The molecule has 78 valence electrons. The average molecular weight is 208 g/mol. The van der Waals surface area contributed by atoms with Crippen LogP contribution < -0.4 is 5.73 Å². The second kappa shape index (κ2) is 3.90. The molecular formula is C11H10F2N2. The summed E-state index contributed by atoms with van der Waals surface area (Å²) in [5.74, 6) is 0. The summed E-state index contributed by atoms with van der Waals surface area (Å²) in [6.45, 7) is 0. The standard InChI is InChI=1S/C11H10F2N2/c12-11(13)10(14)9-6-5-7-3-1-2-4-8(7)15-9/h1-6,10-11H,14H2. The third-order valence-corrected chi connectivity index (χ3v) is 2.23. The van der Waals surface area contributed by atoms with Crippen molar-refractivity contribution in [1.29, 1.82) is 0 Å². The van der Waals surface area contributed by atoms with Crippen molar-refractivity contribution in [1.82, 2.24) is 4.98 Å². The number of aromatic nitrogens is 1. The Labute approximate surface area is 85.7 Å². The Morgan fingerprint density at radius 3 is 2.53 bits per heavy atom. The van der Waals surface area contributed by atoms with Crippen LogP contribution in [0.25, 0.3) is 10.9 Å². The summed E-state index contributed by atoms with van der Waals surface area (Å²) in [5.41, 5.74) is 6.23. The maximum Gasteiger partial charge on any atom is 0.259 e. The second-order valence-electron chi connectivity index (χ2n) is 3.29. The third-order valence-electron chi connectivity index (χ3n) is 2.23. The normalized spacial score (nSPS) is 13.3. The number of nitrogens with zero attached hydrogens (tertiary/aromatic N) is 1. The molecule has 0 spiro atoms. The first kappa shape index (κ1) is 9.98. The fraction of sp³-hybridized carbons (Fsp3) is 0.182. The first-order valence-electron chi connectivity index (χ1n) is 4.58. The molecule has 0 amide bonds. The van der Waals surface area contributed by atoms with Crippen molar-refractivity contribution in [2.24, 2.45) is 5.73 Å². The van der Waals surface area contributed by atoms with Gasteiger partial charge < -0.3 is 5.73 Å². The summed E-state index contributed by atoms with van der Waals surface area (Å²) in [7, 11) is 0. The summed E-state index contributed by atoms with van der Waals surface area (Å²) < 4.78 is 24.7. The average Bonchev–Trinajstić information content (AvgIpc) is 2.27. The highest BCUT2D eigenvalue weighted by Gasteiger charge is 2.18. The maximum absolute atomic E-state index is 12.3. The summed E-state index contributed by atoms with van der Waals surface area (Å²) in [6.07, 6.45) is -2.58. The van der Waals surface area contributed by atoms with Gasteiger partial charge in [0.2, 0.25) is 0 Å². The van der Waals surface area contributed by atoms with Crippen molar-refractivity contribution in [3.05, 3.63) is 42.1 Å². The molecule has 0 radical (unpaired) electrons. The van der Waals surface area contributed by atoms with Gasteiger partial charge in [0.05, 0.1) is 11.2 Å². The van der Waals surface area contributed by atoms with Gasteiger partial charge in [-0.25, -0.2) is 8.78 Å². The number of hydrogen-bond acceptors (Lipinski definition) is 2. The summed E-state index contributed by atoms with van der Waals surface area (Å²) >= 11 is 0. The minimum Gasteiger partial charge on any atom is -0.318 e. The second-order valence-corrected chi connectivity index (χ2v) is 3.29. The lowest BCUT2D eigenvalue weighted by atomic mass is 10.1. The lowest BCUT2D eigenvalue weighted by Gasteiger charge is -2.10. The van der Waals surface area contributed by atoms with E-state index in [1.807, 2.05) is 18.2 Å². The van der Waals surface area contributed by atoms with Gasteiger partial charge in [0, 0.05) is 5.39 Å². The number of benzene rings is 1. The van der Waals surface area contributed by atoms with Gasteiger partial charge in [-0.15, -0.1) is 0 Å². The van der Waals surface area contributed by atoms with Crippen LogP contribution in [0.5, 0.6) is 0 Å². The molecule has 0 aliphatic carbocycles. The molecule has 0 aliphatic heterocycles. The summed E-state index contributed by atoms with van der Waals surface area (Å²) in [6, 6.07) is 9.31. The smallest absolute Gasteiger partial charge is 0.259 e. The van der Waals surface area contributed by atoms with Crippen molar-refractivity contribution < 1.29 is 8.78 Å². The van der Waals surface area contributed by atoms with Crippen molar-refractivity contribution in [3.63, 3.8) is 0 Å². The number of nitrogens with two attached hydrogens (primary N) is 1. The number of para-hydroxylation sites is 1. The van der Waals surface area contributed by atoms with Crippen LogP contribution in [0, 0.1) is 0 Å². The van der Waals surface area contributed by atoms with E-state index in [-0.39, 0.29) is 5.69 Å². The highest BCUT2D eigenvalue weighted by atomic mass is 19.3. The highest BCUT2D eigenvalue weighted by molar-refractivity contribution is 5.78. The van der Waals surface area contributed by atoms with Crippen LogP contribution in [0.2, 0.25) is 0 Å². The molecule has 1 atom stereocenters. The molecule has 2 rings (SSSR count). The Kier molecular flexibility index (Phi) is 2.60. The van der Waals surface area contributed by atoms with Gasteiger partial charge in [-0.2, -0.15) is 0 Å².